The van der Waals surface area contributed by atoms with Crippen molar-refractivity contribution in [2.24, 2.45) is 5.92 Å². The molecule has 0 aliphatic carbocycles. The molecule has 4 amide bonds. The van der Waals surface area contributed by atoms with E-state index in [-0.39, 0.29) is 23.8 Å². The second-order valence-electron chi connectivity index (χ2n) is 10.5. The van der Waals surface area contributed by atoms with Crippen LogP contribution < -0.4 is 5.32 Å². The lowest BCUT2D eigenvalue weighted by Gasteiger charge is -2.41. The Morgan fingerprint density at radius 1 is 1.00 bits per heavy atom. The van der Waals surface area contributed by atoms with Crippen molar-refractivity contribution in [3.63, 3.8) is 0 Å². The number of nitrogens with one attached hydrogen (secondary N) is 1. The van der Waals surface area contributed by atoms with Gasteiger partial charge in [0.25, 0.3) is 11.8 Å². The lowest BCUT2D eigenvalue weighted by molar-refractivity contribution is -0.134. The molecule has 2 aromatic rings. The molecule has 1 atom stereocenters. The second kappa shape index (κ2) is 10.8. The molecule has 36 heavy (non-hydrogen) atoms. The summed E-state index contributed by atoms with van der Waals surface area (Å²) in [5, 5.41) is 3.16. The predicted octanol–water partition coefficient (Wildman–Crippen LogP) is 3.64. The molecule has 0 aromatic heterocycles. The van der Waals surface area contributed by atoms with Gasteiger partial charge in [0.15, 0.2) is 0 Å². The van der Waals surface area contributed by atoms with Crippen LogP contribution in [0.4, 0.5) is 4.79 Å². The van der Waals surface area contributed by atoms with Crippen LogP contribution in [0.25, 0.3) is 0 Å². The molecule has 2 heterocycles. The fraction of sp³-hybridized carbons (Fsp3) is 0.483. The van der Waals surface area contributed by atoms with Crippen LogP contribution in [0, 0.1) is 19.8 Å². The number of carbonyl (C=O) groups excluding carboxylic acids is 3. The molecule has 0 spiro atoms. The maximum absolute atomic E-state index is 14.0. The number of piperidine rings is 1. The van der Waals surface area contributed by atoms with Crippen LogP contribution in [0.5, 0.6) is 0 Å². The van der Waals surface area contributed by atoms with Gasteiger partial charge in [-0.25, -0.2) is 4.79 Å². The third kappa shape index (κ3) is 5.16. The summed E-state index contributed by atoms with van der Waals surface area (Å²) < 4.78 is 0. The largest absolute Gasteiger partial charge is 0.339 e. The van der Waals surface area contributed by atoms with E-state index >= 15 is 0 Å². The topological polar surface area (TPSA) is 73.0 Å². The van der Waals surface area contributed by atoms with Gasteiger partial charge < -0.3 is 15.1 Å². The summed E-state index contributed by atoms with van der Waals surface area (Å²) in [6.07, 6.45) is 2.53. The van der Waals surface area contributed by atoms with Crippen LogP contribution in [0.3, 0.4) is 0 Å². The molecule has 2 fully saturated rings. The van der Waals surface area contributed by atoms with Gasteiger partial charge in [-0.05, 0) is 82.4 Å². The van der Waals surface area contributed by atoms with E-state index in [1.807, 2.05) is 81.4 Å². The first-order chi connectivity index (χ1) is 17.2. The van der Waals surface area contributed by atoms with E-state index in [9.17, 15) is 14.4 Å². The summed E-state index contributed by atoms with van der Waals surface area (Å²) in [6, 6.07) is 15.4. The Labute approximate surface area is 214 Å². The summed E-state index contributed by atoms with van der Waals surface area (Å²) in [6.45, 7) is 6.34. The maximum atomic E-state index is 14.0. The van der Waals surface area contributed by atoms with E-state index in [1.165, 1.54) is 4.90 Å². The third-order valence-corrected chi connectivity index (χ3v) is 7.77. The molecule has 0 saturated carbocycles. The van der Waals surface area contributed by atoms with E-state index in [4.69, 9.17) is 0 Å². The van der Waals surface area contributed by atoms with Crippen LogP contribution in [0.1, 0.15) is 46.3 Å². The average Bonchev–Trinajstić information content (AvgIpc) is 3.10. The highest BCUT2D eigenvalue weighted by Crippen LogP contribution is 2.37. The van der Waals surface area contributed by atoms with Crippen molar-refractivity contribution in [2.45, 2.75) is 45.1 Å². The van der Waals surface area contributed by atoms with Gasteiger partial charge in [0.05, 0.1) is 0 Å². The number of hydrogen-bond acceptors (Lipinski definition) is 4. The third-order valence-electron chi connectivity index (χ3n) is 7.77. The van der Waals surface area contributed by atoms with Gasteiger partial charge in [-0.2, -0.15) is 0 Å². The molecule has 2 aromatic carbocycles. The number of carbonyl (C=O) groups is 3. The molecule has 2 aliphatic heterocycles. The molecule has 7 heteroatoms. The molecular formula is C29H38N4O3. The van der Waals surface area contributed by atoms with Crippen LogP contribution in [0.2, 0.25) is 0 Å². The van der Waals surface area contributed by atoms with Crippen LogP contribution in [-0.4, -0.2) is 78.4 Å². The van der Waals surface area contributed by atoms with Crippen molar-refractivity contribution >= 4 is 17.8 Å². The quantitative estimate of drug-likeness (QED) is 0.574. The van der Waals surface area contributed by atoms with Gasteiger partial charge in [0, 0.05) is 31.6 Å². The highest BCUT2D eigenvalue weighted by atomic mass is 16.2. The molecule has 2 aliphatic rings. The van der Waals surface area contributed by atoms with E-state index < -0.39 is 5.54 Å². The van der Waals surface area contributed by atoms with Crippen molar-refractivity contribution in [2.75, 3.05) is 40.3 Å². The number of imide groups is 1. The summed E-state index contributed by atoms with van der Waals surface area (Å²) in [4.78, 5) is 45.6. The number of likely N-dealkylation sites (tertiary alicyclic amines) is 1. The molecule has 0 bridgehead atoms. The molecule has 2 saturated heterocycles. The van der Waals surface area contributed by atoms with E-state index in [1.54, 1.807) is 0 Å². The summed E-state index contributed by atoms with van der Waals surface area (Å²) in [5.41, 5.74) is 2.88. The van der Waals surface area contributed by atoms with Crippen LogP contribution >= 0.6 is 0 Å². The minimum absolute atomic E-state index is 0.0339. The minimum Gasteiger partial charge on any atom is -0.339 e. The maximum Gasteiger partial charge on any atom is 0.325 e. The van der Waals surface area contributed by atoms with Gasteiger partial charge in [-0.15, -0.1) is 0 Å². The number of urea groups is 1. The van der Waals surface area contributed by atoms with Crippen LogP contribution in [-0.2, 0) is 11.2 Å². The zero-order valence-corrected chi connectivity index (χ0v) is 21.9. The first-order valence-electron chi connectivity index (χ1n) is 12.9. The van der Waals surface area contributed by atoms with Crippen molar-refractivity contribution in [1.29, 1.82) is 0 Å². The lowest BCUT2D eigenvalue weighted by Crippen LogP contribution is -2.58. The van der Waals surface area contributed by atoms with Crippen molar-refractivity contribution in [3.8, 4) is 0 Å². The number of rotatable bonds is 8. The highest BCUT2D eigenvalue weighted by Gasteiger charge is 2.56. The minimum atomic E-state index is -0.987. The lowest BCUT2D eigenvalue weighted by atomic mass is 9.73. The zero-order chi connectivity index (χ0) is 25.9. The molecule has 7 nitrogen and oxygen atoms in total. The van der Waals surface area contributed by atoms with E-state index in [0.29, 0.717) is 38.9 Å². The molecule has 4 rings (SSSR count). The number of nitrogens with zero attached hydrogens (tertiary/aromatic N) is 3. The Balaban J connectivity index is 1.56. The first-order valence-corrected chi connectivity index (χ1v) is 12.9. The smallest absolute Gasteiger partial charge is 0.325 e. The summed E-state index contributed by atoms with van der Waals surface area (Å²) in [7, 11) is 3.97. The molecule has 1 N–H and O–H groups in total. The van der Waals surface area contributed by atoms with E-state index in [0.717, 1.165) is 35.2 Å². The zero-order valence-electron chi connectivity index (χ0n) is 21.9. The monoisotopic (exact) mass is 490 g/mol. The van der Waals surface area contributed by atoms with Crippen molar-refractivity contribution < 1.29 is 14.4 Å². The normalized spacial score (nSPS) is 20.8. The molecule has 0 radical (unpaired) electrons. The molecular weight excluding hydrogens is 452 g/mol. The first kappa shape index (κ1) is 25.9. The van der Waals surface area contributed by atoms with Gasteiger partial charge in [-0.3, -0.25) is 14.5 Å². The Kier molecular flexibility index (Phi) is 7.79. The van der Waals surface area contributed by atoms with Gasteiger partial charge >= 0.3 is 6.03 Å². The number of amides is 4. The average molecular weight is 491 g/mol. The van der Waals surface area contributed by atoms with Crippen molar-refractivity contribution in [3.05, 3.63) is 70.8 Å². The standard InChI is InChI=1S/C29H38N4O3/c1-21-10-5-7-12-23(21)20-29(27(35)33(28(36)30-29)17-9-16-31(3)4)24-14-18-32(19-15-24)26(34)25-13-8-6-11-22(25)2/h5-8,10-13,24H,9,14-20H2,1-4H3,(H,30,36)/t29-/m1/s1. The fourth-order valence-corrected chi connectivity index (χ4v) is 5.60. The van der Waals surface area contributed by atoms with Gasteiger partial charge in [0.1, 0.15) is 5.54 Å². The number of benzene rings is 2. The Morgan fingerprint density at radius 3 is 2.28 bits per heavy atom. The SMILES string of the molecule is Cc1ccccc1C[C@]1(C2CCN(C(=O)c3ccccc3C)CC2)NC(=O)N(CCCN(C)C)C1=O. The number of aryl methyl sites for hydroxylation is 2. The summed E-state index contributed by atoms with van der Waals surface area (Å²) in [5.74, 6) is -0.141. The van der Waals surface area contributed by atoms with Crippen LogP contribution in [0.15, 0.2) is 48.5 Å². The Hall–Kier alpha value is -3.19. The predicted molar refractivity (Wildman–Crippen MR) is 141 cm³/mol. The number of hydrogen-bond donors (Lipinski definition) is 1. The Bertz CT molecular complexity index is 1120. The van der Waals surface area contributed by atoms with Gasteiger partial charge in [-0.1, -0.05) is 42.5 Å². The van der Waals surface area contributed by atoms with Crippen molar-refractivity contribution in [1.82, 2.24) is 20.0 Å². The second-order valence-corrected chi connectivity index (χ2v) is 10.5. The molecule has 192 valence electrons. The highest BCUT2D eigenvalue weighted by molar-refractivity contribution is 6.07. The van der Waals surface area contributed by atoms with E-state index in [2.05, 4.69) is 10.2 Å². The molecule has 0 unspecified atom stereocenters. The van der Waals surface area contributed by atoms with Gasteiger partial charge in [0.2, 0.25) is 0 Å². The Morgan fingerprint density at radius 2 is 1.64 bits per heavy atom. The fourth-order valence-electron chi connectivity index (χ4n) is 5.60. The summed E-state index contributed by atoms with van der Waals surface area (Å²) >= 11 is 0.